The van der Waals surface area contributed by atoms with Crippen LogP contribution in [0.2, 0.25) is 0 Å². The third-order valence-corrected chi connectivity index (χ3v) is 4.28. The topological polar surface area (TPSA) is 144 Å². The zero-order chi connectivity index (χ0) is 21.1. The Labute approximate surface area is 163 Å². The number of nitro benzene ring substituents is 2. The van der Waals surface area contributed by atoms with Crippen molar-refractivity contribution in [1.82, 2.24) is 10.0 Å². The molecule has 1 aliphatic heterocycles. The third-order valence-electron chi connectivity index (χ3n) is 4.28. The summed E-state index contributed by atoms with van der Waals surface area (Å²) >= 11 is 0. The lowest BCUT2D eigenvalue weighted by molar-refractivity contribution is -0.385. The Morgan fingerprint density at radius 1 is 0.931 bits per heavy atom. The molecule has 148 valence electrons. The molecule has 0 radical (unpaired) electrons. The van der Waals surface area contributed by atoms with Crippen molar-refractivity contribution < 1.29 is 24.2 Å². The molecule has 1 saturated heterocycles. The first-order chi connectivity index (χ1) is 13.8. The second-order valence-electron chi connectivity index (χ2n) is 6.19. The highest BCUT2D eigenvalue weighted by atomic mass is 16.6. The van der Waals surface area contributed by atoms with Gasteiger partial charge in [0.15, 0.2) is 0 Å². The molecule has 1 fully saturated rings. The van der Waals surface area contributed by atoms with Gasteiger partial charge in [-0.1, -0.05) is 18.2 Å². The van der Waals surface area contributed by atoms with Crippen LogP contribution < -0.4 is 0 Å². The molecule has 0 atom stereocenters. The van der Waals surface area contributed by atoms with E-state index in [1.807, 2.05) is 0 Å². The Balaban J connectivity index is 1.96. The molecule has 0 bridgehead atoms. The first kappa shape index (κ1) is 19.6. The molecule has 29 heavy (non-hydrogen) atoms. The predicted octanol–water partition coefficient (Wildman–Crippen LogP) is 2.21. The van der Waals surface area contributed by atoms with E-state index in [9.17, 15) is 34.6 Å². The lowest BCUT2D eigenvalue weighted by Gasteiger charge is -2.30. The van der Waals surface area contributed by atoms with E-state index in [0.29, 0.717) is 5.56 Å². The van der Waals surface area contributed by atoms with Crippen LogP contribution in [0.25, 0.3) is 0 Å². The fourth-order valence-electron chi connectivity index (χ4n) is 2.86. The van der Waals surface area contributed by atoms with E-state index in [4.69, 9.17) is 0 Å². The number of hydrogen-bond acceptors (Lipinski definition) is 7. The highest BCUT2D eigenvalue weighted by molar-refractivity contribution is 6.05. The van der Waals surface area contributed by atoms with Crippen LogP contribution in [0.3, 0.4) is 0 Å². The summed E-state index contributed by atoms with van der Waals surface area (Å²) in [6.45, 7) is -0.225. The molecule has 1 heterocycles. The van der Waals surface area contributed by atoms with Gasteiger partial charge >= 0.3 is 0 Å². The number of non-ortho nitro benzene ring substituents is 2. The molecule has 0 unspecified atom stereocenters. The van der Waals surface area contributed by atoms with Crippen LogP contribution >= 0.6 is 0 Å². The van der Waals surface area contributed by atoms with Gasteiger partial charge in [-0.25, -0.2) is 5.01 Å². The van der Waals surface area contributed by atoms with Gasteiger partial charge in [0.25, 0.3) is 17.3 Å². The van der Waals surface area contributed by atoms with Crippen molar-refractivity contribution in [3.8, 4) is 0 Å². The second kappa shape index (κ2) is 7.84. The molecule has 11 nitrogen and oxygen atoms in total. The fourth-order valence-corrected chi connectivity index (χ4v) is 2.86. The third kappa shape index (κ3) is 4.08. The molecule has 0 aliphatic carbocycles. The number of carbonyl (C=O) groups excluding carboxylic acids is 3. The van der Waals surface area contributed by atoms with Gasteiger partial charge in [0.2, 0.25) is 11.8 Å². The Bertz CT molecular complexity index is 1000. The summed E-state index contributed by atoms with van der Waals surface area (Å²) < 4.78 is 0. The number of amides is 3. The molecule has 0 N–H and O–H groups in total. The molecular formula is C18H14N4O7. The maximum atomic E-state index is 13.0. The Hall–Kier alpha value is -4.15. The van der Waals surface area contributed by atoms with Crippen LogP contribution in [-0.4, -0.2) is 37.6 Å². The van der Waals surface area contributed by atoms with E-state index in [1.165, 1.54) is 42.5 Å². The average Bonchev–Trinajstić information content (AvgIpc) is 3.04. The molecule has 11 heteroatoms. The number of rotatable bonds is 6. The van der Waals surface area contributed by atoms with Crippen molar-refractivity contribution in [2.24, 2.45) is 0 Å². The molecular weight excluding hydrogens is 384 g/mol. The maximum Gasteiger partial charge on any atom is 0.273 e. The number of hydrazine groups is 1. The van der Waals surface area contributed by atoms with Gasteiger partial charge in [-0.2, -0.15) is 5.01 Å². The summed E-state index contributed by atoms with van der Waals surface area (Å²) in [4.78, 5) is 57.9. The SMILES string of the molecule is O=C(c1cccc([N+](=O)[O-])c1)N(Cc1ccc([N+](=O)[O-])cc1)N1C(=O)CCC1=O. The summed E-state index contributed by atoms with van der Waals surface area (Å²) in [5, 5.41) is 23.4. The van der Waals surface area contributed by atoms with Crippen molar-refractivity contribution in [2.45, 2.75) is 19.4 Å². The highest BCUT2D eigenvalue weighted by Gasteiger charge is 2.37. The minimum Gasteiger partial charge on any atom is -0.273 e. The molecule has 0 aromatic heterocycles. The van der Waals surface area contributed by atoms with E-state index >= 15 is 0 Å². The van der Waals surface area contributed by atoms with E-state index in [1.54, 1.807) is 0 Å². The molecule has 0 spiro atoms. The van der Waals surface area contributed by atoms with Gasteiger partial charge < -0.3 is 0 Å². The van der Waals surface area contributed by atoms with Crippen molar-refractivity contribution in [2.75, 3.05) is 0 Å². The number of benzene rings is 2. The number of imide groups is 1. The van der Waals surface area contributed by atoms with Gasteiger partial charge in [-0.05, 0) is 11.6 Å². The van der Waals surface area contributed by atoms with Crippen LogP contribution in [-0.2, 0) is 16.1 Å². The van der Waals surface area contributed by atoms with Gasteiger partial charge in [0.05, 0.1) is 16.4 Å². The van der Waals surface area contributed by atoms with E-state index in [2.05, 4.69) is 0 Å². The van der Waals surface area contributed by atoms with Crippen LogP contribution in [0.15, 0.2) is 48.5 Å². The molecule has 3 amide bonds. The van der Waals surface area contributed by atoms with Gasteiger partial charge in [0, 0.05) is 42.7 Å². The maximum absolute atomic E-state index is 13.0. The zero-order valence-electron chi connectivity index (χ0n) is 14.9. The predicted molar refractivity (Wildman–Crippen MR) is 97.2 cm³/mol. The van der Waals surface area contributed by atoms with Crippen LogP contribution in [0.4, 0.5) is 11.4 Å². The Morgan fingerprint density at radius 2 is 1.52 bits per heavy atom. The Kier molecular flexibility index (Phi) is 5.30. The number of carbonyl (C=O) groups is 3. The summed E-state index contributed by atoms with van der Waals surface area (Å²) in [6.07, 6.45) is -0.115. The highest BCUT2D eigenvalue weighted by Crippen LogP contribution is 2.23. The van der Waals surface area contributed by atoms with Gasteiger partial charge in [0.1, 0.15) is 0 Å². The van der Waals surface area contributed by atoms with Gasteiger partial charge in [-0.3, -0.25) is 34.6 Å². The lowest BCUT2D eigenvalue weighted by atomic mass is 10.1. The normalized spacial score (nSPS) is 13.4. The van der Waals surface area contributed by atoms with Crippen LogP contribution in [0.1, 0.15) is 28.8 Å². The average molecular weight is 398 g/mol. The second-order valence-corrected chi connectivity index (χ2v) is 6.19. The van der Waals surface area contributed by atoms with Crippen molar-refractivity contribution in [1.29, 1.82) is 0 Å². The summed E-state index contributed by atoms with van der Waals surface area (Å²) in [6, 6.07) is 10.2. The minimum absolute atomic E-state index is 0.0577. The summed E-state index contributed by atoms with van der Waals surface area (Å²) in [5.74, 6) is -1.93. The van der Waals surface area contributed by atoms with Crippen LogP contribution in [0, 0.1) is 20.2 Å². The largest absolute Gasteiger partial charge is 0.273 e. The van der Waals surface area contributed by atoms with Crippen molar-refractivity contribution in [3.63, 3.8) is 0 Å². The quantitative estimate of drug-likeness (QED) is 0.412. The number of nitrogens with zero attached hydrogens (tertiary/aromatic N) is 4. The molecule has 3 rings (SSSR count). The van der Waals surface area contributed by atoms with E-state index in [-0.39, 0.29) is 36.3 Å². The number of nitro groups is 2. The molecule has 2 aromatic carbocycles. The smallest absolute Gasteiger partial charge is 0.273 e. The van der Waals surface area contributed by atoms with E-state index < -0.39 is 27.6 Å². The first-order valence-electron chi connectivity index (χ1n) is 8.43. The zero-order valence-corrected chi connectivity index (χ0v) is 14.9. The van der Waals surface area contributed by atoms with Crippen molar-refractivity contribution >= 4 is 29.1 Å². The first-order valence-corrected chi connectivity index (χ1v) is 8.43. The van der Waals surface area contributed by atoms with Crippen LogP contribution in [0.5, 0.6) is 0 Å². The standard InChI is InChI=1S/C18H14N4O7/c23-16-8-9-17(24)20(16)19(11-12-4-6-14(7-5-12)21(26)27)18(25)13-2-1-3-15(10-13)22(28)29/h1-7,10H,8-9,11H2. The van der Waals surface area contributed by atoms with E-state index in [0.717, 1.165) is 16.1 Å². The van der Waals surface area contributed by atoms with Crippen molar-refractivity contribution in [3.05, 3.63) is 79.9 Å². The number of hydrogen-bond donors (Lipinski definition) is 0. The molecule has 2 aromatic rings. The summed E-state index contributed by atoms with van der Waals surface area (Å²) in [7, 11) is 0. The Morgan fingerprint density at radius 3 is 2.07 bits per heavy atom. The minimum atomic E-state index is -0.782. The monoisotopic (exact) mass is 398 g/mol. The fraction of sp³-hybridized carbons (Fsp3) is 0.167. The molecule has 0 saturated carbocycles. The molecule has 1 aliphatic rings. The van der Waals surface area contributed by atoms with Gasteiger partial charge in [-0.15, -0.1) is 0 Å². The summed E-state index contributed by atoms with van der Waals surface area (Å²) in [5.41, 5.74) is -0.112. The lowest BCUT2D eigenvalue weighted by Crippen LogP contribution is -2.48.